The summed E-state index contributed by atoms with van der Waals surface area (Å²) in [6.45, 7) is 3.24. The SMILES string of the molecule is Cc1ccc(C(=O)N(CCCn2ccnc2)c2nc3ccc(F)cc3s2)cc1. The first-order valence-corrected chi connectivity index (χ1v) is 9.82. The maximum atomic E-state index is 13.6. The quantitative estimate of drug-likeness (QED) is 0.477. The van der Waals surface area contributed by atoms with Crippen molar-refractivity contribution < 1.29 is 9.18 Å². The number of hydrogen-bond acceptors (Lipinski definition) is 4. The average Bonchev–Trinajstić information content (AvgIpc) is 3.34. The second-order valence-corrected chi connectivity index (χ2v) is 7.59. The molecular formula is C21H19FN4OS. The van der Waals surface area contributed by atoms with Crippen molar-refractivity contribution in [3.8, 4) is 0 Å². The van der Waals surface area contributed by atoms with E-state index in [1.807, 2.05) is 42.0 Å². The molecule has 0 unspecified atom stereocenters. The van der Waals surface area contributed by atoms with E-state index in [1.165, 1.54) is 23.5 Å². The molecule has 0 bridgehead atoms. The Kier molecular flexibility index (Phi) is 5.16. The summed E-state index contributed by atoms with van der Waals surface area (Å²) < 4.78 is 16.3. The van der Waals surface area contributed by atoms with Crippen LogP contribution in [-0.2, 0) is 6.54 Å². The third-order valence-corrected chi connectivity index (χ3v) is 5.51. The van der Waals surface area contributed by atoms with Gasteiger partial charge in [0.15, 0.2) is 5.13 Å². The van der Waals surface area contributed by atoms with Crippen LogP contribution in [0.3, 0.4) is 0 Å². The highest BCUT2D eigenvalue weighted by molar-refractivity contribution is 7.22. The molecule has 5 nitrogen and oxygen atoms in total. The van der Waals surface area contributed by atoms with Gasteiger partial charge in [-0.05, 0) is 43.7 Å². The highest BCUT2D eigenvalue weighted by Crippen LogP contribution is 2.30. The molecule has 0 radical (unpaired) electrons. The van der Waals surface area contributed by atoms with E-state index in [1.54, 1.807) is 23.5 Å². The molecule has 0 fully saturated rings. The first-order valence-electron chi connectivity index (χ1n) is 9.00. The summed E-state index contributed by atoms with van der Waals surface area (Å²) in [6.07, 6.45) is 6.13. The van der Waals surface area contributed by atoms with E-state index in [4.69, 9.17) is 0 Å². The van der Waals surface area contributed by atoms with E-state index in [0.717, 1.165) is 23.2 Å². The van der Waals surface area contributed by atoms with E-state index in [0.29, 0.717) is 22.8 Å². The van der Waals surface area contributed by atoms with Crippen LogP contribution < -0.4 is 4.90 Å². The number of halogens is 1. The van der Waals surface area contributed by atoms with E-state index < -0.39 is 0 Å². The highest BCUT2D eigenvalue weighted by atomic mass is 32.1. The van der Waals surface area contributed by atoms with Crippen LogP contribution in [0.1, 0.15) is 22.3 Å². The molecule has 0 spiro atoms. The van der Waals surface area contributed by atoms with Crippen molar-refractivity contribution in [2.75, 3.05) is 11.4 Å². The lowest BCUT2D eigenvalue weighted by molar-refractivity contribution is 0.0986. The Labute approximate surface area is 166 Å². The van der Waals surface area contributed by atoms with Crippen LogP contribution >= 0.6 is 11.3 Å². The smallest absolute Gasteiger partial charge is 0.260 e. The molecule has 2 aromatic carbocycles. The number of anilines is 1. The maximum absolute atomic E-state index is 13.6. The largest absolute Gasteiger partial charge is 0.337 e. The summed E-state index contributed by atoms with van der Waals surface area (Å²) in [5, 5.41) is 0.580. The molecule has 142 valence electrons. The number of nitrogens with zero attached hydrogens (tertiary/aromatic N) is 4. The fourth-order valence-electron chi connectivity index (χ4n) is 2.97. The summed E-state index contributed by atoms with van der Waals surface area (Å²) in [5.74, 6) is -0.413. The fraction of sp³-hybridized carbons (Fsp3) is 0.190. The predicted octanol–water partition coefficient (Wildman–Crippen LogP) is 4.68. The summed E-state index contributed by atoms with van der Waals surface area (Å²) in [4.78, 5) is 23.5. The lowest BCUT2D eigenvalue weighted by Crippen LogP contribution is -2.32. The zero-order valence-corrected chi connectivity index (χ0v) is 16.2. The molecule has 0 atom stereocenters. The van der Waals surface area contributed by atoms with Gasteiger partial charge in [0.25, 0.3) is 5.91 Å². The number of hydrogen-bond donors (Lipinski definition) is 0. The van der Waals surface area contributed by atoms with Crippen LogP contribution in [0.4, 0.5) is 9.52 Å². The molecule has 2 heterocycles. The lowest BCUT2D eigenvalue weighted by Gasteiger charge is -2.20. The van der Waals surface area contributed by atoms with Gasteiger partial charge in [-0.15, -0.1) is 0 Å². The molecule has 4 rings (SSSR count). The van der Waals surface area contributed by atoms with E-state index in [2.05, 4.69) is 9.97 Å². The van der Waals surface area contributed by atoms with Gasteiger partial charge in [0, 0.05) is 31.0 Å². The molecule has 0 N–H and O–H groups in total. The summed E-state index contributed by atoms with van der Waals surface area (Å²) in [6, 6.07) is 12.0. The van der Waals surface area contributed by atoms with Gasteiger partial charge in [-0.25, -0.2) is 14.4 Å². The third kappa shape index (κ3) is 3.94. The molecule has 0 aliphatic rings. The topological polar surface area (TPSA) is 51.0 Å². The van der Waals surface area contributed by atoms with Crippen molar-refractivity contribution in [3.63, 3.8) is 0 Å². The van der Waals surface area contributed by atoms with Crippen molar-refractivity contribution in [1.29, 1.82) is 0 Å². The Balaban J connectivity index is 1.62. The minimum absolute atomic E-state index is 0.106. The van der Waals surface area contributed by atoms with Crippen LogP contribution in [0, 0.1) is 12.7 Å². The number of amides is 1. The van der Waals surface area contributed by atoms with Crippen molar-refractivity contribution in [2.24, 2.45) is 0 Å². The Morgan fingerprint density at radius 1 is 1.21 bits per heavy atom. The number of fused-ring (bicyclic) bond motifs is 1. The lowest BCUT2D eigenvalue weighted by atomic mass is 10.1. The second kappa shape index (κ2) is 7.90. The molecule has 28 heavy (non-hydrogen) atoms. The Hall–Kier alpha value is -3.06. The van der Waals surface area contributed by atoms with E-state index in [9.17, 15) is 9.18 Å². The normalized spacial score (nSPS) is 11.1. The van der Waals surface area contributed by atoms with Gasteiger partial charge in [-0.3, -0.25) is 9.69 Å². The summed E-state index contributed by atoms with van der Waals surface area (Å²) in [7, 11) is 0. The van der Waals surface area contributed by atoms with Gasteiger partial charge in [-0.2, -0.15) is 0 Å². The molecular weight excluding hydrogens is 375 g/mol. The van der Waals surface area contributed by atoms with Crippen LogP contribution in [0.15, 0.2) is 61.2 Å². The number of carbonyl (C=O) groups is 1. The average molecular weight is 394 g/mol. The first kappa shape index (κ1) is 18.3. The number of aryl methyl sites for hydroxylation is 2. The number of carbonyl (C=O) groups excluding carboxylic acids is 1. The van der Waals surface area contributed by atoms with E-state index >= 15 is 0 Å². The van der Waals surface area contributed by atoms with Gasteiger partial charge in [-0.1, -0.05) is 29.0 Å². The standard InChI is InChI=1S/C21H19FN4OS/c1-15-3-5-16(6-4-15)20(27)26(11-2-10-25-12-9-23-14-25)21-24-18-8-7-17(22)13-19(18)28-21/h3-9,12-14H,2,10-11H2,1H3. The van der Waals surface area contributed by atoms with Crippen LogP contribution in [0.25, 0.3) is 10.2 Å². The van der Waals surface area contributed by atoms with Gasteiger partial charge < -0.3 is 4.57 Å². The molecule has 1 amide bonds. The first-order chi connectivity index (χ1) is 13.6. The number of thiazole rings is 1. The fourth-order valence-corrected chi connectivity index (χ4v) is 3.98. The highest BCUT2D eigenvalue weighted by Gasteiger charge is 2.21. The number of rotatable bonds is 6. The molecule has 2 aromatic heterocycles. The Morgan fingerprint density at radius 3 is 2.79 bits per heavy atom. The van der Waals surface area contributed by atoms with Crippen LogP contribution in [0.2, 0.25) is 0 Å². The second-order valence-electron chi connectivity index (χ2n) is 6.59. The summed E-state index contributed by atoms with van der Waals surface area (Å²) >= 11 is 1.33. The molecule has 4 aromatic rings. The minimum atomic E-state index is -0.306. The Morgan fingerprint density at radius 2 is 2.04 bits per heavy atom. The molecule has 0 saturated carbocycles. The van der Waals surface area contributed by atoms with Crippen molar-refractivity contribution in [1.82, 2.24) is 14.5 Å². The Bertz CT molecular complexity index is 1090. The molecule has 0 aliphatic heterocycles. The van der Waals surface area contributed by atoms with Gasteiger partial charge in [0.2, 0.25) is 0 Å². The summed E-state index contributed by atoms with van der Waals surface area (Å²) in [5.41, 5.74) is 2.40. The van der Waals surface area contributed by atoms with Crippen molar-refractivity contribution in [3.05, 3.63) is 78.1 Å². The monoisotopic (exact) mass is 394 g/mol. The minimum Gasteiger partial charge on any atom is -0.337 e. The van der Waals surface area contributed by atoms with Gasteiger partial charge >= 0.3 is 0 Å². The van der Waals surface area contributed by atoms with Crippen LogP contribution in [0.5, 0.6) is 0 Å². The predicted molar refractivity (Wildman–Crippen MR) is 109 cm³/mol. The zero-order valence-electron chi connectivity index (χ0n) is 15.4. The number of benzene rings is 2. The van der Waals surface area contributed by atoms with Gasteiger partial charge in [0.05, 0.1) is 16.5 Å². The molecule has 7 heteroatoms. The van der Waals surface area contributed by atoms with Crippen LogP contribution in [-0.4, -0.2) is 27.0 Å². The molecule has 0 saturated heterocycles. The van der Waals surface area contributed by atoms with E-state index in [-0.39, 0.29) is 11.7 Å². The maximum Gasteiger partial charge on any atom is 0.260 e. The third-order valence-electron chi connectivity index (χ3n) is 4.47. The number of aromatic nitrogens is 3. The van der Waals surface area contributed by atoms with Crippen molar-refractivity contribution >= 4 is 32.6 Å². The van der Waals surface area contributed by atoms with Gasteiger partial charge in [0.1, 0.15) is 5.82 Å². The van der Waals surface area contributed by atoms with Crippen molar-refractivity contribution in [2.45, 2.75) is 19.9 Å². The molecule has 0 aliphatic carbocycles. The number of imidazole rings is 1. The zero-order chi connectivity index (χ0) is 19.5.